The molecule has 0 N–H and O–H groups in total. The van der Waals surface area contributed by atoms with Crippen molar-refractivity contribution in [3.8, 4) is 28.1 Å². The first-order chi connectivity index (χ1) is 15.2. The number of hydrogen-bond acceptors (Lipinski definition) is 2. The molecule has 0 radical (unpaired) electrons. The monoisotopic (exact) mass is 419 g/mol. The van der Waals surface area contributed by atoms with Crippen molar-refractivity contribution < 1.29 is 9.13 Å². The zero-order valence-corrected chi connectivity index (χ0v) is 18.9. The molecular weight excluding hydrogens is 385 g/mol. The normalized spacial score (nSPS) is 10.9. The summed E-state index contributed by atoms with van der Waals surface area (Å²) in [6.07, 6.45) is 11.6. The van der Waals surface area contributed by atoms with Crippen LogP contribution in [-0.2, 0) is 6.42 Å². The van der Waals surface area contributed by atoms with Crippen LogP contribution < -0.4 is 4.74 Å². The predicted octanol–water partition coefficient (Wildman–Crippen LogP) is 8.25. The van der Waals surface area contributed by atoms with Crippen molar-refractivity contribution in [1.29, 1.82) is 0 Å². The summed E-state index contributed by atoms with van der Waals surface area (Å²) in [5.41, 5.74) is 4.26. The number of benzene rings is 2. The van der Waals surface area contributed by atoms with Gasteiger partial charge in [-0.25, -0.2) is 4.39 Å². The molecule has 0 saturated carbocycles. The van der Waals surface area contributed by atoms with Crippen molar-refractivity contribution in [2.75, 3.05) is 6.61 Å². The van der Waals surface area contributed by atoms with Gasteiger partial charge in [-0.2, -0.15) is 0 Å². The van der Waals surface area contributed by atoms with Crippen LogP contribution in [0.1, 0.15) is 64.4 Å². The Morgan fingerprint density at radius 1 is 0.774 bits per heavy atom. The highest BCUT2D eigenvalue weighted by Gasteiger charge is 2.08. The zero-order chi connectivity index (χ0) is 21.9. The van der Waals surface area contributed by atoms with E-state index < -0.39 is 0 Å². The lowest BCUT2D eigenvalue weighted by molar-refractivity contribution is 0.304. The Labute approximate surface area is 186 Å². The van der Waals surface area contributed by atoms with Gasteiger partial charge >= 0.3 is 0 Å². The molecular formula is C28H34FNO. The SMILES string of the molecule is CCCCCCCCCOc1ccc(-c2ccc(-c3ccc(CC)cc3F)nc2)cc1. The van der Waals surface area contributed by atoms with Gasteiger partial charge < -0.3 is 4.74 Å². The Hall–Kier alpha value is -2.68. The summed E-state index contributed by atoms with van der Waals surface area (Å²) in [5.74, 6) is 0.680. The van der Waals surface area contributed by atoms with E-state index in [-0.39, 0.29) is 5.82 Å². The Bertz CT molecular complexity index is 919. The van der Waals surface area contributed by atoms with Crippen molar-refractivity contribution in [1.82, 2.24) is 4.98 Å². The van der Waals surface area contributed by atoms with Crippen molar-refractivity contribution >= 4 is 0 Å². The summed E-state index contributed by atoms with van der Waals surface area (Å²) in [6.45, 7) is 5.04. The van der Waals surface area contributed by atoms with Gasteiger partial charge in [0, 0.05) is 17.3 Å². The third-order valence-electron chi connectivity index (χ3n) is 5.69. The van der Waals surface area contributed by atoms with Gasteiger partial charge in [0.2, 0.25) is 0 Å². The second kappa shape index (κ2) is 12.2. The Balaban J connectivity index is 1.51. The molecule has 31 heavy (non-hydrogen) atoms. The number of hydrogen-bond donors (Lipinski definition) is 0. The van der Waals surface area contributed by atoms with Gasteiger partial charge in [0.1, 0.15) is 11.6 Å². The minimum atomic E-state index is -0.220. The average molecular weight is 420 g/mol. The largest absolute Gasteiger partial charge is 0.494 e. The molecule has 1 heterocycles. The summed E-state index contributed by atoms with van der Waals surface area (Å²) in [5, 5.41) is 0. The summed E-state index contributed by atoms with van der Waals surface area (Å²) in [6, 6.07) is 17.3. The van der Waals surface area contributed by atoms with Gasteiger partial charge in [-0.3, -0.25) is 4.98 Å². The lowest BCUT2D eigenvalue weighted by Crippen LogP contribution is -1.97. The molecule has 0 aliphatic heterocycles. The van der Waals surface area contributed by atoms with E-state index in [2.05, 4.69) is 11.9 Å². The number of nitrogens with zero attached hydrogens (tertiary/aromatic N) is 1. The third-order valence-corrected chi connectivity index (χ3v) is 5.69. The smallest absolute Gasteiger partial charge is 0.132 e. The van der Waals surface area contributed by atoms with Gasteiger partial charge in [-0.15, -0.1) is 0 Å². The molecule has 3 heteroatoms. The summed E-state index contributed by atoms with van der Waals surface area (Å²) >= 11 is 0. The zero-order valence-electron chi connectivity index (χ0n) is 18.9. The van der Waals surface area contributed by atoms with Crippen LogP contribution in [0.5, 0.6) is 5.75 Å². The molecule has 2 aromatic carbocycles. The first-order valence-corrected chi connectivity index (χ1v) is 11.7. The number of aryl methyl sites for hydroxylation is 1. The quantitative estimate of drug-likeness (QED) is 0.276. The molecule has 3 rings (SSSR count). The van der Waals surface area contributed by atoms with Crippen LogP contribution in [0.15, 0.2) is 60.8 Å². The fourth-order valence-electron chi connectivity index (χ4n) is 3.70. The lowest BCUT2D eigenvalue weighted by atomic mass is 10.0. The van der Waals surface area contributed by atoms with Crippen molar-refractivity contribution in [3.05, 3.63) is 72.2 Å². The molecule has 0 atom stereocenters. The Morgan fingerprint density at radius 2 is 1.48 bits per heavy atom. The van der Waals surface area contributed by atoms with Gasteiger partial charge in [-0.1, -0.05) is 76.6 Å². The van der Waals surface area contributed by atoms with Crippen LogP contribution in [0.25, 0.3) is 22.4 Å². The fraction of sp³-hybridized carbons (Fsp3) is 0.393. The molecule has 0 amide bonds. The molecule has 1 aromatic heterocycles. The second-order valence-electron chi connectivity index (χ2n) is 8.09. The first kappa shape index (κ1) is 23.0. The molecule has 164 valence electrons. The molecule has 2 nitrogen and oxygen atoms in total. The molecule has 0 unspecified atom stereocenters. The number of unbranched alkanes of at least 4 members (excludes halogenated alkanes) is 6. The highest BCUT2D eigenvalue weighted by atomic mass is 19.1. The van der Waals surface area contributed by atoms with Crippen LogP contribution in [0.4, 0.5) is 4.39 Å². The highest BCUT2D eigenvalue weighted by Crippen LogP contribution is 2.26. The van der Waals surface area contributed by atoms with Crippen LogP contribution in [0.3, 0.4) is 0 Å². The minimum absolute atomic E-state index is 0.220. The van der Waals surface area contributed by atoms with E-state index >= 15 is 0 Å². The topological polar surface area (TPSA) is 22.1 Å². The number of aromatic nitrogens is 1. The van der Waals surface area contributed by atoms with Crippen LogP contribution >= 0.6 is 0 Å². The number of rotatable bonds is 12. The highest BCUT2D eigenvalue weighted by molar-refractivity contribution is 5.67. The maximum Gasteiger partial charge on any atom is 0.132 e. The number of ether oxygens (including phenoxy) is 1. The lowest BCUT2D eigenvalue weighted by Gasteiger charge is -2.09. The van der Waals surface area contributed by atoms with E-state index in [1.54, 1.807) is 12.3 Å². The van der Waals surface area contributed by atoms with Crippen LogP contribution in [-0.4, -0.2) is 11.6 Å². The van der Waals surface area contributed by atoms with Crippen molar-refractivity contribution in [3.63, 3.8) is 0 Å². The summed E-state index contributed by atoms with van der Waals surface area (Å²) in [7, 11) is 0. The van der Waals surface area contributed by atoms with E-state index in [0.717, 1.165) is 41.9 Å². The minimum Gasteiger partial charge on any atom is -0.494 e. The maximum atomic E-state index is 14.4. The molecule has 3 aromatic rings. The number of halogens is 1. The van der Waals surface area contributed by atoms with E-state index in [0.29, 0.717) is 11.3 Å². The van der Waals surface area contributed by atoms with Crippen molar-refractivity contribution in [2.24, 2.45) is 0 Å². The average Bonchev–Trinajstić information content (AvgIpc) is 2.81. The van der Waals surface area contributed by atoms with Gasteiger partial charge in [0.15, 0.2) is 0 Å². The molecule has 0 aliphatic carbocycles. The first-order valence-electron chi connectivity index (χ1n) is 11.7. The maximum absolute atomic E-state index is 14.4. The fourth-order valence-corrected chi connectivity index (χ4v) is 3.70. The standard InChI is InChI=1S/C28H34FNO/c1-3-5-6-7-8-9-10-19-31-25-15-12-23(13-16-25)24-14-18-28(30-21-24)26-17-11-22(4-2)20-27(26)29/h11-18,20-21H,3-10,19H2,1-2H3. The third kappa shape index (κ3) is 6.92. The van der Waals surface area contributed by atoms with E-state index in [4.69, 9.17) is 4.74 Å². The summed E-state index contributed by atoms with van der Waals surface area (Å²) in [4.78, 5) is 4.49. The van der Waals surface area contributed by atoms with Crippen molar-refractivity contribution in [2.45, 2.75) is 65.2 Å². The van der Waals surface area contributed by atoms with Gasteiger partial charge in [0.05, 0.1) is 12.3 Å². The molecule has 0 saturated heterocycles. The Morgan fingerprint density at radius 3 is 2.13 bits per heavy atom. The Kier molecular flexibility index (Phi) is 9.08. The van der Waals surface area contributed by atoms with E-state index in [1.165, 1.54) is 38.5 Å². The van der Waals surface area contributed by atoms with E-state index in [1.807, 2.05) is 55.5 Å². The molecule has 0 aliphatic rings. The molecule has 0 bridgehead atoms. The van der Waals surface area contributed by atoms with Crippen LogP contribution in [0, 0.1) is 5.82 Å². The summed E-state index contributed by atoms with van der Waals surface area (Å²) < 4.78 is 20.2. The number of pyridine rings is 1. The molecule has 0 spiro atoms. The van der Waals surface area contributed by atoms with E-state index in [9.17, 15) is 4.39 Å². The predicted molar refractivity (Wildman–Crippen MR) is 128 cm³/mol. The van der Waals surface area contributed by atoms with Gasteiger partial charge in [-0.05, 0) is 54.3 Å². The second-order valence-corrected chi connectivity index (χ2v) is 8.09. The molecule has 0 fully saturated rings. The van der Waals surface area contributed by atoms with Crippen LogP contribution in [0.2, 0.25) is 0 Å². The van der Waals surface area contributed by atoms with Gasteiger partial charge in [0.25, 0.3) is 0 Å².